The largest absolute Gasteiger partial charge is 0.481 e. The average Bonchev–Trinajstić information content (AvgIpc) is 3.40. The van der Waals surface area contributed by atoms with Gasteiger partial charge in [-0.05, 0) is 42.0 Å². The molecule has 13 heteroatoms. The molecule has 0 aliphatic carbocycles. The number of carboxylic acids is 2. The summed E-state index contributed by atoms with van der Waals surface area (Å²) in [7, 11) is 0. The Morgan fingerprint density at radius 1 is 0.814 bits per heavy atom. The molecule has 43 heavy (non-hydrogen) atoms. The summed E-state index contributed by atoms with van der Waals surface area (Å²) in [6.07, 6.45) is 3.26. The van der Waals surface area contributed by atoms with E-state index in [0.717, 1.165) is 10.9 Å². The zero-order chi connectivity index (χ0) is 31.4. The molecule has 2 aromatic carbocycles. The summed E-state index contributed by atoms with van der Waals surface area (Å²) in [6, 6.07) is 11.4. The summed E-state index contributed by atoms with van der Waals surface area (Å²) >= 11 is 1.50. The summed E-state index contributed by atoms with van der Waals surface area (Å²) in [5.74, 6) is -3.96. The fourth-order valence-electron chi connectivity index (χ4n) is 4.52. The number of aliphatic carboxylic acids is 2. The maximum absolute atomic E-state index is 13.6. The van der Waals surface area contributed by atoms with Crippen molar-refractivity contribution in [1.82, 2.24) is 20.9 Å². The summed E-state index contributed by atoms with van der Waals surface area (Å²) in [5, 5.41) is 27.6. The van der Waals surface area contributed by atoms with Crippen LogP contribution in [0.5, 0.6) is 0 Å². The van der Waals surface area contributed by atoms with Crippen molar-refractivity contribution in [3.05, 3.63) is 71.9 Å². The molecule has 4 atom stereocenters. The van der Waals surface area contributed by atoms with Gasteiger partial charge < -0.3 is 36.9 Å². The third-order valence-corrected chi connectivity index (χ3v) is 7.52. The van der Waals surface area contributed by atoms with Crippen LogP contribution in [0.4, 0.5) is 0 Å². The van der Waals surface area contributed by atoms with Gasteiger partial charge in [0, 0.05) is 36.4 Å². The summed E-state index contributed by atoms with van der Waals surface area (Å²) in [5.41, 5.74) is 8.14. The lowest BCUT2D eigenvalue weighted by Gasteiger charge is -2.25. The Morgan fingerprint density at radius 2 is 1.44 bits per heavy atom. The molecule has 0 saturated carbocycles. The van der Waals surface area contributed by atoms with Crippen molar-refractivity contribution < 1.29 is 34.2 Å². The first-order valence-electron chi connectivity index (χ1n) is 13.8. The molecule has 0 spiro atoms. The van der Waals surface area contributed by atoms with E-state index >= 15 is 0 Å². The Hall–Kier alpha value is -4.36. The van der Waals surface area contributed by atoms with Crippen molar-refractivity contribution in [2.24, 2.45) is 5.73 Å². The van der Waals surface area contributed by atoms with E-state index < -0.39 is 60.2 Å². The Kier molecular flexibility index (Phi) is 12.6. The number of para-hydroxylation sites is 1. The molecule has 12 nitrogen and oxygen atoms in total. The van der Waals surface area contributed by atoms with Gasteiger partial charge in [0.15, 0.2) is 0 Å². The normalized spacial score (nSPS) is 13.8. The molecule has 0 aliphatic heterocycles. The van der Waals surface area contributed by atoms with Gasteiger partial charge in [0.1, 0.15) is 18.1 Å². The van der Waals surface area contributed by atoms with Crippen LogP contribution < -0.4 is 21.7 Å². The minimum Gasteiger partial charge on any atom is -0.481 e. The topological polar surface area (TPSA) is 204 Å². The zero-order valence-corrected chi connectivity index (χ0v) is 24.6. The summed E-state index contributed by atoms with van der Waals surface area (Å²) in [4.78, 5) is 66.2. The van der Waals surface area contributed by atoms with Gasteiger partial charge in [0.25, 0.3) is 0 Å². The molecule has 8 N–H and O–H groups in total. The van der Waals surface area contributed by atoms with E-state index in [9.17, 15) is 34.2 Å². The standard InChI is InChI=1S/C30H37N5O7S/c1-43-14-13-21(31)27(38)33-23(11-12-26(36)37)28(39)34-24(16-19-17-32-22-10-6-5-9-20(19)22)29(40)35-25(30(41)42)15-18-7-3-2-4-8-18/h2-10,17,21,23-25,32H,11-16,31H2,1H3,(H,33,38)(H,34,39)(H,35,40)(H,36,37)(H,41,42). The van der Waals surface area contributed by atoms with Gasteiger partial charge in [0.2, 0.25) is 17.7 Å². The molecule has 0 radical (unpaired) electrons. The van der Waals surface area contributed by atoms with Crippen LogP contribution in [0.15, 0.2) is 60.8 Å². The molecule has 0 fully saturated rings. The van der Waals surface area contributed by atoms with Crippen LogP contribution in [-0.2, 0) is 36.8 Å². The van der Waals surface area contributed by atoms with E-state index in [1.165, 1.54) is 11.8 Å². The van der Waals surface area contributed by atoms with Crippen molar-refractivity contribution in [1.29, 1.82) is 0 Å². The maximum atomic E-state index is 13.6. The lowest BCUT2D eigenvalue weighted by Crippen LogP contribution is -2.58. The Labute approximate surface area is 253 Å². The molecule has 230 valence electrons. The first-order chi connectivity index (χ1) is 20.6. The fourth-order valence-corrected chi connectivity index (χ4v) is 5.01. The number of fused-ring (bicyclic) bond motifs is 1. The van der Waals surface area contributed by atoms with Gasteiger partial charge in [-0.1, -0.05) is 48.5 Å². The van der Waals surface area contributed by atoms with Crippen molar-refractivity contribution in [3.8, 4) is 0 Å². The summed E-state index contributed by atoms with van der Waals surface area (Å²) in [6.45, 7) is 0. The minimum absolute atomic E-state index is 0.00784. The molecule has 3 aromatic rings. The number of nitrogens with one attached hydrogen (secondary N) is 4. The van der Waals surface area contributed by atoms with Crippen LogP contribution in [0.25, 0.3) is 10.9 Å². The first kappa shape index (κ1) is 33.1. The molecular formula is C30H37N5O7S. The molecule has 1 heterocycles. The summed E-state index contributed by atoms with van der Waals surface area (Å²) < 4.78 is 0. The smallest absolute Gasteiger partial charge is 0.326 e. The van der Waals surface area contributed by atoms with E-state index in [-0.39, 0.29) is 19.3 Å². The van der Waals surface area contributed by atoms with E-state index in [0.29, 0.717) is 23.3 Å². The van der Waals surface area contributed by atoms with Crippen molar-refractivity contribution in [2.45, 2.75) is 56.3 Å². The second-order valence-electron chi connectivity index (χ2n) is 10.1. The highest BCUT2D eigenvalue weighted by Crippen LogP contribution is 2.19. The van der Waals surface area contributed by atoms with Crippen molar-refractivity contribution >= 4 is 52.3 Å². The van der Waals surface area contributed by atoms with Crippen LogP contribution >= 0.6 is 11.8 Å². The van der Waals surface area contributed by atoms with Crippen LogP contribution in [0.3, 0.4) is 0 Å². The molecule has 3 rings (SSSR count). The number of carbonyl (C=O) groups excluding carboxylic acids is 3. The SMILES string of the molecule is CSCCC(N)C(=O)NC(CCC(=O)O)C(=O)NC(Cc1c[nH]c2ccccc12)C(=O)NC(Cc1ccccc1)C(=O)O. The van der Waals surface area contributed by atoms with E-state index in [1.807, 2.05) is 30.5 Å². The maximum Gasteiger partial charge on any atom is 0.326 e. The van der Waals surface area contributed by atoms with Gasteiger partial charge in [-0.15, -0.1) is 0 Å². The monoisotopic (exact) mass is 611 g/mol. The third kappa shape index (κ3) is 10.1. The molecular weight excluding hydrogens is 574 g/mol. The Bertz CT molecular complexity index is 1410. The van der Waals surface area contributed by atoms with E-state index in [4.69, 9.17) is 5.73 Å². The highest BCUT2D eigenvalue weighted by Gasteiger charge is 2.31. The second-order valence-corrected chi connectivity index (χ2v) is 11.1. The van der Waals surface area contributed by atoms with Gasteiger partial charge in [-0.2, -0.15) is 11.8 Å². The number of hydrogen-bond acceptors (Lipinski definition) is 7. The van der Waals surface area contributed by atoms with Crippen LogP contribution in [0, 0.1) is 0 Å². The average molecular weight is 612 g/mol. The number of carbonyl (C=O) groups is 5. The van der Waals surface area contributed by atoms with E-state index in [2.05, 4.69) is 20.9 Å². The van der Waals surface area contributed by atoms with Gasteiger partial charge in [-0.3, -0.25) is 19.2 Å². The van der Waals surface area contributed by atoms with E-state index in [1.54, 1.807) is 36.5 Å². The van der Waals surface area contributed by atoms with Crippen molar-refractivity contribution in [2.75, 3.05) is 12.0 Å². The Balaban J connectivity index is 1.85. The van der Waals surface area contributed by atoms with Crippen LogP contribution in [-0.4, -0.2) is 81.0 Å². The molecule has 0 saturated heterocycles. The number of benzene rings is 2. The first-order valence-corrected chi connectivity index (χ1v) is 15.2. The highest BCUT2D eigenvalue weighted by atomic mass is 32.2. The minimum atomic E-state index is -1.29. The quantitative estimate of drug-likeness (QED) is 0.118. The molecule has 4 unspecified atom stereocenters. The number of carboxylic acid groups (broad SMARTS) is 2. The Morgan fingerprint density at radius 3 is 2.12 bits per heavy atom. The second kappa shape index (κ2) is 16.3. The number of hydrogen-bond donors (Lipinski definition) is 7. The zero-order valence-electron chi connectivity index (χ0n) is 23.7. The van der Waals surface area contributed by atoms with Crippen LogP contribution in [0.1, 0.15) is 30.4 Å². The highest BCUT2D eigenvalue weighted by molar-refractivity contribution is 7.98. The van der Waals surface area contributed by atoms with Gasteiger partial charge in [0.05, 0.1) is 6.04 Å². The van der Waals surface area contributed by atoms with Gasteiger partial charge in [-0.25, -0.2) is 4.79 Å². The predicted octanol–water partition coefficient (Wildman–Crippen LogP) is 1.44. The molecule has 0 bridgehead atoms. The number of aromatic amines is 1. The number of aromatic nitrogens is 1. The molecule has 3 amide bonds. The lowest BCUT2D eigenvalue weighted by molar-refractivity contribution is -0.142. The number of H-pyrrole nitrogens is 1. The lowest BCUT2D eigenvalue weighted by atomic mass is 10.0. The van der Waals surface area contributed by atoms with Crippen molar-refractivity contribution in [3.63, 3.8) is 0 Å². The third-order valence-electron chi connectivity index (χ3n) is 6.88. The molecule has 1 aromatic heterocycles. The number of thioether (sulfide) groups is 1. The number of amides is 3. The predicted molar refractivity (Wildman–Crippen MR) is 163 cm³/mol. The van der Waals surface area contributed by atoms with Crippen LogP contribution in [0.2, 0.25) is 0 Å². The number of rotatable bonds is 17. The fraction of sp³-hybridized carbons (Fsp3) is 0.367. The molecule has 0 aliphatic rings. The van der Waals surface area contributed by atoms with Gasteiger partial charge >= 0.3 is 11.9 Å². The number of nitrogens with two attached hydrogens (primary N) is 1.